The number of hydrogen-bond donors (Lipinski definition) is 0. The second kappa shape index (κ2) is 10.5. The Morgan fingerprint density at radius 1 is 0.731 bits per heavy atom. The maximum Gasteiger partial charge on any atom is 0.178 e. The fourth-order valence-corrected chi connectivity index (χ4v) is 2.07. The van der Waals surface area contributed by atoms with Crippen LogP contribution in [0.1, 0.15) is 11.1 Å². The number of ketones is 1. The average Bonchev–Trinajstić information content (AvgIpc) is 2.69. The summed E-state index contributed by atoms with van der Waals surface area (Å²) in [6.07, 6.45) is 10.0. The molecule has 0 saturated carbocycles. The molecule has 0 spiro atoms. The molecule has 132 valence electrons. The summed E-state index contributed by atoms with van der Waals surface area (Å²) < 4.78 is 10.8. The molecule has 0 radical (unpaired) electrons. The van der Waals surface area contributed by atoms with Crippen LogP contribution in [0.2, 0.25) is 0 Å². The molecule has 0 fully saturated rings. The summed E-state index contributed by atoms with van der Waals surface area (Å²) in [7, 11) is 0. The monoisotopic (exact) mass is 346 g/mol. The summed E-state index contributed by atoms with van der Waals surface area (Å²) >= 11 is 0. The first-order chi connectivity index (χ1) is 12.7. The molecule has 0 N–H and O–H groups in total. The molecule has 0 saturated heterocycles. The van der Waals surface area contributed by atoms with Gasteiger partial charge >= 0.3 is 0 Å². The lowest BCUT2D eigenvalue weighted by atomic mass is 10.1. The van der Waals surface area contributed by atoms with Gasteiger partial charge in [-0.1, -0.05) is 61.7 Å². The molecule has 0 amide bonds. The summed E-state index contributed by atoms with van der Waals surface area (Å²) in [5.74, 6) is 1.46. The van der Waals surface area contributed by atoms with Crippen molar-refractivity contribution in [3.05, 3.63) is 97.1 Å². The Morgan fingerprint density at radius 3 is 1.46 bits per heavy atom. The van der Waals surface area contributed by atoms with Gasteiger partial charge < -0.3 is 9.47 Å². The predicted octanol–water partition coefficient (Wildman–Crippen LogP) is 5.11. The molecule has 0 aliphatic rings. The zero-order valence-electron chi connectivity index (χ0n) is 14.6. The molecular formula is C23H22O3. The highest BCUT2D eigenvalue weighted by Crippen LogP contribution is 2.14. The van der Waals surface area contributed by atoms with Crippen LogP contribution in [0.15, 0.2) is 86.0 Å². The highest BCUT2D eigenvalue weighted by Gasteiger charge is 1.95. The average molecular weight is 346 g/mol. The van der Waals surface area contributed by atoms with E-state index in [1.807, 2.05) is 48.5 Å². The van der Waals surface area contributed by atoms with Crippen molar-refractivity contribution in [1.82, 2.24) is 0 Å². The number of rotatable bonds is 10. The van der Waals surface area contributed by atoms with E-state index in [-0.39, 0.29) is 5.78 Å². The van der Waals surface area contributed by atoms with Crippen LogP contribution >= 0.6 is 0 Å². The molecule has 26 heavy (non-hydrogen) atoms. The van der Waals surface area contributed by atoms with Gasteiger partial charge in [0.15, 0.2) is 5.78 Å². The van der Waals surface area contributed by atoms with Crippen molar-refractivity contribution in [2.75, 3.05) is 13.2 Å². The summed E-state index contributed by atoms with van der Waals surface area (Å²) in [4.78, 5) is 12.0. The molecule has 3 heteroatoms. The number of carbonyl (C=O) groups excluding carboxylic acids is 1. The number of benzene rings is 2. The van der Waals surface area contributed by atoms with Crippen molar-refractivity contribution in [3.63, 3.8) is 0 Å². The summed E-state index contributed by atoms with van der Waals surface area (Å²) in [5, 5.41) is 0. The largest absolute Gasteiger partial charge is 0.490 e. The van der Waals surface area contributed by atoms with E-state index < -0.39 is 0 Å². The number of allylic oxidation sites excluding steroid dienone is 2. The van der Waals surface area contributed by atoms with E-state index >= 15 is 0 Å². The lowest BCUT2D eigenvalue weighted by Gasteiger charge is -2.02. The normalized spacial score (nSPS) is 10.8. The Labute approximate surface area is 154 Å². The second-order valence-corrected chi connectivity index (χ2v) is 5.41. The molecule has 2 aromatic rings. The summed E-state index contributed by atoms with van der Waals surface area (Å²) in [5.41, 5.74) is 1.86. The van der Waals surface area contributed by atoms with E-state index in [1.165, 1.54) is 12.2 Å². The Bertz CT molecular complexity index is 714. The van der Waals surface area contributed by atoms with Crippen LogP contribution in [0, 0.1) is 0 Å². The quantitative estimate of drug-likeness (QED) is 0.443. The highest BCUT2D eigenvalue weighted by molar-refractivity contribution is 6.04. The Balaban J connectivity index is 1.88. The van der Waals surface area contributed by atoms with Gasteiger partial charge in [-0.3, -0.25) is 4.79 Å². The number of hydrogen-bond acceptors (Lipinski definition) is 3. The van der Waals surface area contributed by atoms with Crippen molar-refractivity contribution in [2.45, 2.75) is 0 Å². The molecule has 0 bridgehead atoms. The molecular weight excluding hydrogens is 324 g/mol. The molecule has 0 aliphatic carbocycles. The van der Waals surface area contributed by atoms with E-state index in [9.17, 15) is 4.79 Å². The van der Waals surface area contributed by atoms with Gasteiger partial charge in [0.05, 0.1) is 0 Å². The molecule has 0 heterocycles. The Kier molecular flexibility index (Phi) is 7.69. The third-order valence-corrected chi connectivity index (χ3v) is 3.38. The Hall–Kier alpha value is -3.33. The summed E-state index contributed by atoms with van der Waals surface area (Å²) in [6, 6.07) is 15.0. The smallest absolute Gasteiger partial charge is 0.178 e. The van der Waals surface area contributed by atoms with Gasteiger partial charge in [0.1, 0.15) is 24.7 Å². The first-order valence-corrected chi connectivity index (χ1v) is 8.29. The molecule has 2 aromatic carbocycles. The second-order valence-electron chi connectivity index (χ2n) is 5.41. The van der Waals surface area contributed by atoms with Gasteiger partial charge in [-0.15, -0.1) is 0 Å². The Morgan fingerprint density at radius 2 is 1.12 bits per heavy atom. The van der Waals surface area contributed by atoms with E-state index in [2.05, 4.69) is 13.2 Å². The number of ether oxygens (including phenoxy) is 2. The molecule has 0 atom stereocenters. The van der Waals surface area contributed by atoms with Crippen LogP contribution < -0.4 is 9.47 Å². The van der Waals surface area contributed by atoms with E-state index in [0.717, 1.165) is 22.6 Å². The third kappa shape index (κ3) is 6.65. The molecule has 2 rings (SSSR count). The fourth-order valence-electron chi connectivity index (χ4n) is 2.07. The van der Waals surface area contributed by atoms with Gasteiger partial charge in [-0.2, -0.15) is 0 Å². The van der Waals surface area contributed by atoms with Gasteiger partial charge in [-0.25, -0.2) is 0 Å². The maximum atomic E-state index is 12.0. The molecule has 0 unspecified atom stereocenters. The van der Waals surface area contributed by atoms with Crippen LogP contribution in [0.25, 0.3) is 12.2 Å². The van der Waals surface area contributed by atoms with Crippen LogP contribution in [-0.4, -0.2) is 19.0 Å². The van der Waals surface area contributed by atoms with E-state index in [4.69, 9.17) is 9.47 Å². The first-order valence-electron chi connectivity index (χ1n) is 8.29. The van der Waals surface area contributed by atoms with Gasteiger partial charge in [0.2, 0.25) is 0 Å². The SMILES string of the molecule is C=CCOc1ccc(C=CC(=O)C=Cc2ccc(OCC=C)cc2)cc1. The highest BCUT2D eigenvalue weighted by atomic mass is 16.5. The minimum Gasteiger partial charge on any atom is -0.490 e. The van der Waals surface area contributed by atoms with Crippen LogP contribution in [0.4, 0.5) is 0 Å². The van der Waals surface area contributed by atoms with E-state index in [1.54, 1.807) is 24.3 Å². The van der Waals surface area contributed by atoms with Crippen LogP contribution in [-0.2, 0) is 4.79 Å². The number of carbonyl (C=O) groups is 1. The lowest BCUT2D eigenvalue weighted by Crippen LogP contribution is -1.92. The fraction of sp³-hybridized carbons (Fsp3) is 0.0870. The van der Waals surface area contributed by atoms with Crippen molar-refractivity contribution in [1.29, 1.82) is 0 Å². The van der Waals surface area contributed by atoms with Crippen molar-refractivity contribution in [3.8, 4) is 11.5 Å². The zero-order valence-corrected chi connectivity index (χ0v) is 14.6. The van der Waals surface area contributed by atoms with Crippen molar-refractivity contribution < 1.29 is 14.3 Å². The molecule has 0 aliphatic heterocycles. The maximum absolute atomic E-state index is 12.0. The van der Waals surface area contributed by atoms with Crippen molar-refractivity contribution in [2.24, 2.45) is 0 Å². The topological polar surface area (TPSA) is 35.5 Å². The van der Waals surface area contributed by atoms with Crippen LogP contribution in [0.5, 0.6) is 11.5 Å². The van der Waals surface area contributed by atoms with Gasteiger partial charge in [0.25, 0.3) is 0 Å². The first kappa shape index (κ1) is 19.0. The molecule has 0 aromatic heterocycles. The summed E-state index contributed by atoms with van der Waals surface area (Å²) in [6.45, 7) is 8.16. The van der Waals surface area contributed by atoms with Gasteiger partial charge in [0, 0.05) is 0 Å². The lowest BCUT2D eigenvalue weighted by molar-refractivity contribution is -0.110. The zero-order chi connectivity index (χ0) is 18.6. The molecule has 3 nitrogen and oxygen atoms in total. The van der Waals surface area contributed by atoms with Gasteiger partial charge in [-0.05, 0) is 47.5 Å². The third-order valence-electron chi connectivity index (χ3n) is 3.38. The standard InChI is InChI=1S/C23H22O3/c1-3-17-25-22-13-7-19(8-14-22)5-11-21(24)12-6-20-9-15-23(16-10-20)26-18-4-2/h3-16H,1-2,17-18H2. The predicted molar refractivity (Wildman–Crippen MR) is 107 cm³/mol. The minimum atomic E-state index is -0.0797. The minimum absolute atomic E-state index is 0.0797. The van der Waals surface area contributed by atoms with Crippen LogP contribution in [0.3, 0.4) is 0 Å². The van der Waals surface area contributed by atoms with Crippen molar-refractivity contribution >= 4 is 17.9 Å². The van der Waals surface area contributed by atoms with E-state index in [0.29, 0.717) is 13.2 Å².